The quantitative estimate of drug-likeness (QED) is 0.472. The molecule has 0 unspecified atom stereocenters. The molecule has 0 spiro atoms. The number of piperidine rings is 1. The van der Waals surface area contributed by atoms with Gasteiger partial charge in [0.25, 0.3) is 0 Å². The van der Waals surface area contributed by atoms with E-state index in [9.17, 15) is 0 Å². The Morgan fingerprint density at radius 3 is 2.59 bits per heavy atom. The molecule has 2 fully saturated rings. The fourth-order valence-electron chi connectivity index (χ4n) is 3.88. The van der Waals surface area contributed by atoms with E-state index in [-0.39, 0.29) is 0 Å². The SMILES string of the molecule is CCNC(=NCCCN1CCC(C)CC1)N1CCN(c2ccccn2)CC1. The van der Waals surface area contributed by atoms with Crippen molar-refractivity contribution in [1.82, 2.24) is 20.1 Å². The first-order chi connectivity index (χ1) is 13.3. The number of aromatic nitrogens is 1. The summed E-state index contributed by atoms with van der Waals surface area (Å²) >= 11 is 0. The number of hydrogen-bond acceptors (Lipinski definition) is 4. The summed E-state index contributed by atoms with van der Waals surface area (Å²) in [7, 11) is 0. The highest BCUT2D eigenvalue weighted by atomic mass is 15.4. The molecular formula is C21H36N6. The summed E-state index contributed by atoms with van der Waals surface area (Å²) in [5.41, 5.74) is 0. The van der Waals surface area contributed by atoms with Crippen molar-refractivity contribution in [3.63, 3.8) is 0 Å². The second-order valence-corrected chi connectivity index (χ2v) is 7.78. The topological polar surface area (TPSA) is 47.0 Å². The molecule has 6 nitrogen and oxygen atoms in total. The minimum Gasteiger partial charge on any atom is -0.357 e. The Bertz CT molecular complexity index is 559. The molecule has 3 rings (SSSR count). The van der Waals surface area contributed by atoms with Crippen LogP contribution in [0.4, 0.5) is 5.82 Å². The normalized spacial score (nSPS) is 20.1. The molecule has 1 N–H and O–H groups in total. The molecule has 0 aliphatic carbocycles. The van der Waals surface area contributed by atoms with E-state index in [1.807, 2.05) is 12.3 Å². The number of likely N-dealkylation sites (tertiary alicyclic amines) is 1. The maximum Gasteiger partial charge on any atom is 0.194 e. The van der Waals surface area contributed by atoms with Crippen LogP contribution in [0.15, 0.2) is 29.4 Å². The molecular weight excluding hydrogens is 336 g/mol. The highest BCUT2D eigenvalue weighted by Crippen LogP contribution is 2.16. The van der Waals surface area contributed by atoms with Gasteiger partial charge in [0, 0.05) is 45.5 Å². The van der Waals surface area contributed by atoms with Crippen molar-refractivity contribution in [1.29, 1.82) is 0 Å². The van der Waals surface area contributed by atoms with Crippen LogP contribution in [0, 0.1) is 5.92 Å². The molecule has 3 heterocycles. The molecule has 0 amide bonds. The van der Waals surface area contributed by atoms with Crippen LogP contribution in [-0.2, 0) is 0 Å². The first-order valence-corrected chi connectivity index (χ1v) is 10.7. The Kier molecular flexibility index (Phi) is 7.75. The van der Waals surface area contributed by atoms with E-state index in [1.54, 1.807) is 0 Å². The van der Waals surface area contributed by atoms with E-state index >= 15 is 0 Å². The lowest BCUT2D eigenvalue weighted by molar-refractivity contribution is 0.191. The van der Waals surface area contributed by atoms with Gasteiger partial charge in [0.05, 0.1) is 0 Å². The zero-order chi connectivity index (χ0) is 18.9. The molecule has 150 valence electrons. The zero-order valence-corrected chi connectivity index (χ0v) is 17.1. The molecule has 0 saturated carbocycles. The Morgan fingerprint density at radius 1 is 1.15 bits per heavy atom. The summed E-state index contributed by atoms with van der Waals surface area (Å²) in [5, 5.41) is 3.48. The van der Waals surface area contributed by atoms with Crippen LogP contribution in [0.25, 0.3) is 0 Å². The lowest BCUT2D eigenvalue weighted by atomic mass is 9.99. The third-order valence-electron chi connectivity index (χ3n) is 5.66. The van der Waals surface area contributed by atoms with Crippen LogP contribution in [0.3, 0.4) is 0 Å². The average Bonchev–Trinajstić information content (AvgIpc) is 2.72. The third-order valence-corrected chi connectivity index (χ3v) is 5.66. The van der Waals surface area contributed by atoms with Crippen molar-refractivity contribution >= 4 is 11.8 Å². The Morgan fingerprint density at radius 2 is 1.93 bits per heavy atom. The number of anilines is 1. The molecule has 0 aromatic carbocycles. The number of guanidine groups is 1. The van der Waals surface area contributed by atoms with Gasteiger partial charge >= 0.3 is 0 Å². The van der Waals surface area contributed by atoms with Gasteiger partial charge in [0.2, 0.25) is 0 Å². The lowest BCUT2D eigenvalue weighted by Gasteiger charge is -2.37. The first kappa shape index (κ1) is 19.9. The van der Waals surface area contributed by atoms with Gasteiger partial charge < -0.3 is 20.0 Å². The second-order valence-electron chi connectivity index (χ2n) is 7.78. The standard InChI is InChI=1S/C21H36N6/c1-3-22-21(24-11-6-12-25-13-8-19(2)9-14-25)27-17-15-26(16-18-27)20-7-4-5-10-23-20/h4-5,7,10,19H,3,6,8-9,11-18H2,1-2H3,(H,22,24). The highest BCUT2D eigenvalue weighted by Gasteiger charge is 2.20. The number of nitrogens with zero attached hydrogens (tertiary/aromatic N) is 5. The molecule has 1 aromatic heterocycles. The average molecular weight is 373 g/mol. The van der Waals surface area contributed by atoms with Crippen LogP contribution in [0.2, 0.25) is 0 Å². The zero-order valence-electron chi connectivity index (χ0n) is 17.1. The predicted molar refractivity (Wildman–Crippen MR) is 113 cm³/mol. The largest absolute Gasteiger partial charge is 0.357 e. The summed E-state index contributed by atoms with van der Waals surface area (Å²) in [4.78, 5) is 16.7. The van der Waals surface area contributed by atoms with Gasteiger partial charge in [-0.25, -0.2) is 4.98 Å². The molecule has 2 saturated heterocycles. The van der Waals surface area contributed by atoms with Crippen molar-refractivity contribution in [3.8, 4) is 0 Å². The third kappa shape index (κ3) is 6.09. The summed E-state index contributed by atoms with van der Waals surface area (Å²) in [5.74, 6) is 3.06. The predicted octanol–water partition coefficient (Wildman–Crippen LogP) is 2.29. The molecule has 0 bridgehead atoms. The van der Waals surface area contributed by atoms with Gasteiger partial charge in [-0.05, 0) is 63.9 Å². The summed E-state index contributed by atoms with van der Waals surface area (Å²) < 4.78 is 0. The summed E-state index contributed by atoms with van der Waals surface area (Å²) in [6, 6.07) is 6.12. The van der Waals surface area contributed by atoms with Gasteiger partial charge in [-0.15, -0.1) is 0 Å². The number of hydrogen-bond donors (Lipinski definition) is 1. The fourth-order valence-corrected chi connectivity index (χ4v) is 3.88. The Labute approximate surface area is 164 Å². The minimum atomic E-state index is 0.907. The summed E-state index contributed by atoms with van der Waals surface area (Å²) in [6.45, 7) is 14.0. The maximum absolute atomic E-state index is 4.90. The van der Waals surface area contributed by atoms with E-state index in [0.717, 1.165) is 63.4 Å². The maximum atomic E-state index is 4.90. The molecule has 27 heavy (non-hydrogen) atoms. The fraction of sp³-hybridized carbons (Fsp3) is 0.714. The molecule has 2 aliphatic heterocycles. The number of piperazine rings is 1. The van der Waals surface area contributed by atoms with Crippen LogP contribution < -0.4 is 10.2 Å². The van der Waals surface area contributed by atoms with Crippen LogP contribution in [0.5, 0.6) is 0 Å². The number of nitrogens with one attached hydrogen (secondary N) is 1. The van der Waals surface area contributed by atoms with Gasteiger partial charge in [-0.1, -0.05) is 13.0 Å². The molecule has 2 aliphatic rings. The van der Waals surface area contributed by atoms with Gasteiger partial charge in [0.1, 0.15) is 5.82 Å². The highest BCUT2D eigenvalue weighted by molar-refractivity contribution is 5.80. The smallest absolute Gasteiger partial charge is 0.194 e. The van der Waals surface area contributed by atoms with E-state index in [2.05, 4.69) is 51.0 Å². The minimum absolute atomic E-state index is 0.907. The van der Waals surface area contributed by atoms with E-state index in [0.29, 0.717) is 0 Å². The summed E-state index contributed by atoms with van der Waals surface area (Å²) in [6.07, 6.45) is 5.73. The Balaban J connectivity index is 1.43. The lowest BCUT2D eigenvalue weighted by Crippen LogP contribution is -2.52. The van der Waals surface area contributed by atoms with E-state index in [4.69, 9.17) is 4.99 Å². The Hall–Kier alpha value is -1.82. The second kappa shape index (κ2) is 10.5. The van der Waals surface area contributed by atoms with Gasteiger partial charge in [-0.3, -0.25) is 4.99 Å². The van der Waals surface area contributed by atoms with E-state index < -0.39 is 0 Å². The monoisotopic (exact) mass is 372 g/mol. The molecule has 6 heteroatoms. The number of aliphatic imine (C=N–C) groups is 1. The van der Waals surface area contributed by atoms with Crippen molar-refractivity contribution in [2.45, 2.75) is 33.1 Å². The van der Waals surface area contributed by atoms with Gasteiger partial charge in [0.15, 0.2) is 5.96 Å². The molecule has 1 aromatic rings. The number of pyridine rings is 1. The van der Waals surface area contributed by atoms with Crippen LogP contribution in [0.1, 0.15) is 33.1 Å². The molecule has 0 radical (unpaired) electrons. The number of rotatable bonds is 6. The van der Waals surface area contributed by atoms with Crippen molar-refractivity contribution in [2.24, 2.45) is 10.9 Å². The molecule has 0 atom stereocenters. The van der Waals surface area contributed by atoms with Crippen molar-refractivity contribution in [2.75, 3.05) is 63.8 Å². The van der Waals surface area contributed by atoms with E-state index in [1.165, 1.54) is 32.5 Å². The van der Waals surface area contributed by atoms with Crippen LogP contribution >= 0.6 is 0 Å². The van der Waals surface area contributed by atoms with Crippen LogP contribution in [-0.4, -0.2) is 79.6 Å². The van der Waals surface area contributed by atoms with Crippen molar-refractivity contribution < 1.29 is 0 Å². The van der Waals surface area contributed by atoms with Crippen molar-refractivity contribution in [3.05, 3.63) is 24.4 Å². The first-order valence-electron chi connectivity index (χ1n) is 10.7. The van der Waals surface area contributed by atoms with Gasteiger partial charge in [-0.2, -0.15) is 0 Å².